The van der Waals surface area contributed by atoms with Gasteiger partial charge < -0.3 is 9.15 Å². The van der Waals surface area contributed by atoms with Gasteiger partial charge in [0.1, 0.15) is 11.5 Å². The van der Waals surface area contributed by atoms with Crippen molar-refractivity contribution in [1.29, 1.82) is 0 Å². The third-order valence-electron chi connectivity index (χ3n) is 4.78. The van der Waals surface area contributed by atoms with Crippen LogP contribution < -0.4 is 9.46 Å². The summed E-state index contributed by atoms with van der Waals surface area (Å²) in [6.45, 7) is 2.44. The smallest absolute Gasteiger partial charge is 0.241 e. The standard InChI is InChI=1S/C20H21NO4S/c1-2-24-19-10-11-20(15-7-4-3-6-14(15)19)26(22,23)21-17-8-5-9-18-16(17)12-13-25-18/h3-4,6-7,10-13,17,21H,2,5,8-9H2,1H3. The van der Waals surface area contributed by atoms with E-state index in [-0.39, 0.29) is 10.9 Å². The Balaban J connectivity index is 1.75. The molecule has 0 saturated heterocycles. The summed E-state index contributed by atoms with van der Waals surface area (Å²) < 4.78 is 40.2. The summed E-state index contributed by atoms with van der Waals surface area (Å²) in [5.74, 6) is 1.57. The van der Waals surface area contributed by atoms with Gasteiger partial charge in [-0.2, -0.15) is 0 Å². The van der Waals surface area contributed by atoms with E-state index >= 15 is 0 Å². The molecular weight excluding hydrogens is 350 g/mol. The first kappa shape index (κ1) is 17.1. The third kappa shape index (κ3) is 2.99. The van der Waals surface area contributed by atoms with Crippen LogP contribution in [0.4, 0.5) is 0 Å². The van der Waals surface area contributed by atoms with E-state index in [4.69, 9.17) is 9.15 Å². The minimum Gasteiger partial charge on any atom is -0.493 e. The molecule has 1 aromatic heterocycles. The van der Waals surface area contributed by atoms with Gasteiger partial charge in [-0.3, -0.25) is 0 Å². The quantitative estimate of drug-likeness (QED) is 0.730. The third-order valence-corrected chi connectivity index (χ3v) is 6.31. The molecule has 0 aliphatic heterocycles. The van der Waals surface area contributed by atoms with E-state index < -0.39 is 10.0 Å². The molecule has 0 radical (unpaired) electrons. The molecule has 1 aliphatic rings. The van der Waals surface area contributed by atoms with E-state index in [0.29, 0.717) is 17.7 Å². The molecule has 0 fully saturated rings. The molecule has 2 aromatic carbocycles. The molecule has 0 amide bonds. The van der Waals surface area contributed by atoms with Crippen LogP contribution in [0.3, 0.4) is 0 Å². The number of hydrogen-bond donors (Lipinski definition) is 1. The zero-order valence-corrected chi connectivity index (χ0v) is 15.4. The van der Waals surface area contributed by atoms with E-state index in [1.54, 1.807) is 18.4 Å². The lowest BCUT2D eigenvalue weighted by atomic mass is 9.94. The van der Waals surface area contributed by atoms with Gasteiger partial charge in [0.25, 0.3) is 0 Å². The maximum atomic E-state index is 13.1. The van der Waals surface area contributed by atoms with Crippen LogP contribution >= 0.6 is 0 Å². The maximum absolute atomic E-state index is 13.1. The first-order valence-electron chi connectivity index (χ1n) is 8.83. The van der Waals surface area contributed by atoms with E-state index in [1.807, 2.05) is 37.3 Å². The lowest BCUT2D eigenvalue weighted by molar-refractivity contribution is 0.344. The van der Waals surface area contributed by atoms with Crippen molar-refractivity contribution in [2.75, 3.05) is 6.61 Å². The Morgan fingerprint density at radius 2 is 1.96 bits per heavy atom. The van der Waals surface area contributed by atoms with Crippen molar-refractivity contribution >= 4 is 20.8 Å². The molecule has 1 unspecified atom stereocenters. The Labute approximate surface area is 153 Å². The van der Waals surface area contributed by atoms with Crippen LogP contribution in [0.2, 0.25) is 0 Å². The molecule has 0 spiro atoms. The normalized spacial score (nSPS) is 17.2. The van der Waals surface area contributed by atoms with Gasteiger partial charge in [-0.15, -0.1) is 0 Å². The number of furan rings is 1. The van der Waals surface area contributed by atoms with Crippen LogP contribution in [0.5, 0.6) is 5.75 Å². The van der Waals surface area contributed by atoms with Gasteiger partial charge in [-0.25, -0.2) is 13.1 Å². The van der Waals surface area contributed by atoms with Gasteiger partial charge in [-0.1, -0.05) is 24.3 Å². The lowest BCUT2D eigenvalue weighted by Crippen LogP contribution is -2.30. The van der Waals surface area contributed by atoms with Crippen molar-refractivity contribution in [3.05, 3.63) is 60.1 Å². The molecule has 1 N–H and O–H groups in total. The summed E-state index contributed by atoms with van der Waals surface area (Å²) in [5.41, 5.74) is 0.940. The number of hydrogen-bond acceptors (Lipinski definition) is 4. The minimum absolute atomic E-state index is 0.257. The molecule has 1 heterocycles. The van der Waals surface area contributed by atoms with Gasteiger partial charge in [0, 0.05) is 22.8 Å². The average Bonchev–Trinajstić information content (AvgIpc) is 3.12. The number of aryl methyl sites for hydroxylation is 1. The van der Waals surface area contributed by atoms with Gasteiger partial charge in [0.15, 0.2) is 0 Å². The molecule has 136 valence electrons. The van der Waals surface area contributed by atoms with Gasteiger partial charge >= 0.3 is 0 Å². The van der Waals surface area contributed by atoms with Crippen molar-refractivity contribution in [3.8, 4) is 5.75 Å². The van der Waals surface area contributed by atoms with E-state index in [2.05, 4.69) is 4.72 Å². The van der Waals surface area contributed by atoms with Crippen molar-refractivity contribution in [2.45, 2.75) is 37.1 Å². The molecule has 0 saturated carbocycles. The summed E-state index contributed by atoms with van der Waals surface area (Å²) in [5, 5.41) is 1.46. The van der Waals surface area contributed by atoms with Crippen LogP contribution in [0.15, 0.2) is 58.0 Å². The van der Waals surface area contributed by atoms with E-state index in [9.17, 15) is 8.42 Å². The number of nitrogens with one attached hydrogen (secondary N) is 1. The highest BCUT2D eigenvalue weighted by Crippen LogP contribution is 2.34. The predicted molar refractivity (Wildman–Crippen MR) is 99.8 cm³/mol. The Morgan fingerprint density at radius 3 is 2.77 bits per heavy atom. The highest BCUT2D eigenvalue weighted by atomic mass is 32.2. The second-order valence-corrected chi connectivity index (χ2v) is 8.09. The zero-order valence-electron chi connectivity index (χ0n) is 14.6. The first-order chi connectivity index (χ1) is 12.6. The zero-order chi connectivity index (χ0) is 18.1. The van der Waals surface area contributed by atoms with Crippen LogP contribution in [-0.2, 0) is 16.4 Å². The SMILES string of the molecule is CCOc1ccc(S(=O)(=O)NC2CCCc3occc32)c2ccccc12. The fourth-order valence-corrected chi connectivity index (χ4v) is 5.08. The summed E-state index contributed by atoms with van der Waals surface area (Å²) in [6, 6.07) is 12.4. The van der Waals surface area contributed by atoms with E-state index in [1.165, 1.54) is 0 Å². The molecule has 5 nitrogen and oxygen atoms in total. The molecule has 3 aromatic rings. The second kappa shape index (κ2) is 6.78. The highest BCUT2D eigenvalue weighted by molar-refractivity contribution is 7.89. The molecule has 6 heteroatoms. The number of rotatable bonds is 5. The Bertz CT molecular complexity index is 1040. The molecule has 26 heavy (non-hydrogen) atoms. The van der Waals surface area contributed by atoms with Crippen LogP contribution in [0.25, 0.3) is 10.8 Å². The Morgan fingerprint density at radius 1 is 1.15 bits per heavy atom. The second-order valence-electron chi connectivity index (χ2n) is 6.41. The van der Waals surface area contributed by atoms with Gasteiger partial charge in [-0.05, 0) is 38.0 Å². The number of fused-ring (bicyclic) bond motifs is 2. The fourth-order valence-electron chi connectivity index (χ4n) is 3.62. The van der Waals surface area contributed by atoms with Gasteiger partial charge in [0.05, 0.1) is 23.8 Å². The maximum Gasteiger partial charge on any atom is 0.241 e. The van der Waals surface area contributed by atoms with Crippen molar-refractivity contribution in [3.63, 3.8) is 0 Å². The van der Waals surface area contributed by atoms with Crippen molar-refractivity contribution < 1.29 is 17.6 Å². The Hall–Kier alpha value is -2.31. The monoisotopic (exact) mass is 371 g/mol. The molecule has 1 atom stereocenters. The lowest BCUT2D eigenvalue weighted by Gasteiger charge is -2.23. The predicted octanol–water partition coefficient (Wildman–Crippen LogP) is 4.19. The van der Waals surface area contributed by atoms with Crippen LogP contribution in [0, 0.1) is 0 Å². The molecule has 1 aliphatic carbocycles. The van der Waals surface area contributed by atoms with Crippen LogP contribution in [0.1, 0.15) is 37.1 Å². The summed E-state index contributed by atoms with van der Waals surface area (Å²) in [6.07, 6.45) is 4.15. The van der Waals surface area contributed by atoms with Gasteiger partial charge in [0.2, 0.25) is 10.0 Å². The van der Waals surface area contributed by atoms with E-state index in [0.717, 1.165) is 36.0 Å². The number of ether oxygens (including phenoxy) is 1. The van der Waals surface area contributed by atoms with Crippen LogP contribution in [-0.4, -0.2) is 15.0 Å². The summed E-state index contributed by atoms with van der Waals surface area (Å²) in [4.78, 5) is 0.271. The fraction of sp³-hybridized carbons (Fsp3) is 0.300. The molecule has 4 rings (SSSR count). The largest absolute Gasteiger partial charge is 0.493 e. The van der Waals surface area contributed by atoms with Crippen molar-refractivity contribution in [1.82, 2.24) is 4.72 Å². The highest BCUT2D eigenvalue weighted by Gasteiger charge is 2.28. The topological polar surface area (TPSA) is 68.5 Å². The first-order valence-corrected chi connectivity index (χ1v) is 10.3. The number of sulfonamides is 1. The Kier molecular flexibility index (Phi) is 4.46. The summed E-state index contributed by atoms with van der Waals surface area (Å²) in [7, 11) is -3.69. The molecular formula is C20H21NO4S. The van der Waals surface area contributed by atoms with Crippen molar-refractivity contribution in [2.24, 2.45) is 0 Å². The minimum atomic E-state index is -3.69. The average molecular weight is 371 g/mol. The molecule has 0 bridgehead atoms. The number of benzene rings is 2. The summed E-state index contributed by atoms with van der Waals surface area (Å²) >= 11 is 0.